The van der Waals surface area contributed by atoms with Crippen molar-refractivity contribution in [1.82, 2.24) is 4.90 Å². The van der Waals surface area contributed by atoms with Gasteiger partial charge in [0.05, 0.1) is 0 Å². The fraction of sp³-hybridized carbons (Fsp3) is 0.429. The lowest BCUT2D eigenvalue weighted by Gasteiger charge is -2.18. The molecule has 0 fully saturated rings. The SMILES string of the molecule is CCN(CC)C(=O)COc1cccc(C(C)=O)c1. The number of likely N-dealkylation sites (N-methyl/N-ethyl adjacent to an activating group) is 1. The van der Waals surface area contributed by atoms with Crippen LogP contribution in [0.2, 0.25) is 0 Å². The van der Waals surface area contributed by atoms with Crippen molar-refractivity contribution < 1.29 is 14.3 Å². The highest BCUT2D eigenvalue weighted by Gasteiger charge is 2.10. The molecule has 0 aliphatic heterocycles. The standard InChI is InChI=1S/C14H19NO3/c1-4-15(5-2)14(17)10-18-13-8-6-7-12(9-13)11(3)16/h6-9H,4-5,10H2,1-3H3. The number of ether oxygens (including phenoxy) is 1. The van der Waals surface area contributed by atoms with Gasteiger partial charge in [-0.05, 0) is 32.9 Å². The zero-order valence-electron chi connectivity index (χ0n) is 11.1. The van der Waals surface area contributed by atoms with E-state index in [4.69, 9.17) is 4.74 Å². The van der Waals surface area contributed by atoms with E-state index in [1.165, 1.54) is 6.92 Å². The van der Waals surface area contributed by atoms with E-state index >= 15 is 0 Å². The van der Waals surface area contributed by atoms with Crippen molar-refractivity contribution in [2.75, 3.05) is 19.7 Å². The highest BCUT2D eigenvalue weighted by Crippen LogP contribution is 2.13. The van der Waals surface area contributed by atoms with Crippen molar-refractivity contribution >= 4 is 11.7 Å². The second kappa shape index (κ2) is 6.79. The Morgan fingerprint density at radius 3 is 2.44 bits per heavy atom. The average Bonchev–Trinajstić information content (AvgIpc) is 2.38. The van der Waals surface area contributed by atoms with E-state index < -0.39 is 0 Å². The van der Waals surface area contributed by atoms with Gasteiger partial charge < -0.3 is 9.64 Å². The van der Waals surface area contributed by atoms with Crippen molar-refractivity contribution in [2.24, 2.45) is 0 Å². The predicted molar refractivity (Wildman–Crippen MR) is 69.9 cm³/mol. The van der Waals surface area contributed by atoms with Crippen LogP contribution in [0.25, 0.3) is 0 Å². The summed E-state index contributed by atoms with van der Waals surface area (Å²) in [6.07, 6.45) is 0. The fourth-order valence-electron chi connectivity index (χ4n) is 1.62. The van der Waals surface area contributed by atoms with Gasteiger partial charge in [-0.15, -0.1) is 0 Å². The first-order chi connectivity index (χ1) is 8.58. The maximum atomic E-state index is 11.7. The molecular formula is C14H19NO3. The fourth-order valence-corrected chi connectivity index (χ4v) is 1.62. The molecule has 0 heterocycles. The van der Waals surface area contributed by atoms with E-state index in [0.29, 0.717) is 24.4 Å². The Morgan fingerprint density at radius 1 is 1.22 bits per heavy atom. The summed E-state index contributed by atoms with van der Waals surface area (Å²) in [6.45, 7) is 6.71. The smallest absolute Gasteiger partial charge is 0.260 e. The number of ketones is 1. The van der Waals surface area contributed by atoms with Gasteiger partial charge in [-0.25, -0.2) is 0 Å². The summed E-state index contributed by atoms with van der Waals surface area (Å²) < 4.78 is 5.40. The molecule has 1 rings (SSSR count). The summed E-state index contributed by atoms with van der Waals surface area (Å²) >= 11 is 0. The second-order valence-electron chi connectivity index (χ2n) is 3.94. The Hall–Kier alpha value is -1.84. The molecule has 0 bridgehead atoms. The van der Waals surface area contributed by atoms with Gasteiger partial charge >= 0.3 is 0 Å². The number of carbonyl (C=O) groups excluding carboxylic acids is 2. The molecular weight excluding hydrogens is 230 g/mol. The highest BCUT2D eigenvalue weighted by molar-refractivity contribution is 5.94. The quantitative estimate of drug-likeness (QED) is 0.726. The largest absolute Gasteiger partial charge is 0.484 e. The van der Waals surface area contributed by atoms with Crippen molar-refractivity contribution in [3.8, 4) is 5.75 Å². The Balaban J connectivity index is 2.61. The van der Waals surface area contributed by atoms with Gasteiger partial charge in [-0.1, -0.05) is 12.1 Å². The third kappa shape index (κ3) is 3.87. The lowest BCUT2D eigenvalue weighted by molar-refractivity contribution is -0.132. The normalized spacial score (nSPS) is 9.94. The zero-order chi connectivity index (χ0) is 13.5. The van der Waals surface area contributed by atoms with Crippen LogP contribution in [0, 0.1) is 0 Å². The summed E-state index contributed by atoms with van der Waals surface area (Å²) in [6, 6.07) is 6.86. The molecule has 0 radical (unpaired) electrons. The number of rotatable bonds is 6. The molecule has 0 aliphatic rings. The molecule has 0 spiro atoms. The molecule has 0 aromatic heterocycles. The van der Waals surface area contributed by atoms with Gasteiger partial charge in [0.2, 0.25) is 0 Å². The number of carbonyl (C=O) groups is 2. The van der Waals surface area contributed by atoms with Crippen LogP contribution < -0.4 is 4.74 Å². The molecule has 1 aromatic carbocycles. The molecule has 0 N–H and O–H groups in total. The summed E-state index contributed by atoms with van der Waals surface area (Å²) in [4.78, 5) is 24.6. The highest BCUT2D eigenvalue weighted by atomic mass is 16.5. The third-order valence-electron chi connectivity index (χ3n) is 2.72. The Morgan fingerprint density at radius 2 is 1.89 bits per heavy atom. The van der Waals surface area contributed by atoms with Crippen LogP contribution in [0.15, 0.2) is 24.3 Å². The first-order valence-electron chi connectivity index (χ1n) is 6.10. The second-order valence-corrected chi connectivity index (χ2v) is 3.94. The van der Waals surface area contributed by atoms with Gasteiger partial charge in [0.15, 0.2) is 12.4 Å². The third-order valence-corrected chi connectivity index (χ3v) is 2.72. The van der Waals surface area contributed by atoms with E-state index in [-0.39, 0.29) is 18.3 Å². The molecule has 1 aromatic rings. The van der Waals surface area contributed by atoms with E-state index in [0.717, 1.165) is 0 Å². The van der Waals surface area contributed by atoms with Crippen LogP contribution in [0.4, 0.5) is 0 Å². The van der Waals surface area contributed by atoms with Crippen molar-refractivity contribution in [3.63, 3.8) is 0 Å². The molecule has 0 atom stereocenters. The number of nitrogens with zero attached hydrogens (tertiary/aromatic N) is 1. The molecule has 4 heteroatoms. The number of Topliss-reactive ketones (excluding diaryl/α,β-unsaturated/α-hetero) is 1. The average molecular weight is 249 g/mol. The van der Waals surface area contributed by atoms with E-state index in [9.17, 15) is 9.59 Å². The Kier molecular flexibility index (Phi) is 5.36. The van der Waals surface area contributed by atoms with Crippen LogP contribution in [0.1, 0.15) is 31.1 Å². The van der Waals surface area contributed by atoms with Crippen LogP contribution >= 0.6 is 0 Å². The topological polar surface area (TPSA) is 46.6 Å². The van der Waals surface area contributed by atoms with Crippen LogP contribution in [0.5, 0.6) is 5.75 Å². The van der Waals surface area contributed by atoms with E-state index in [2.05, 4.69) is 0 Å². The number of benzene rings is 1. The Labute approximate surface area is 108 Å². The maximum absolute atomic E-state index is 11.7. The molecule has 18 heavy (non-hydrogen) atoms. The summed E-state index contributed by atoms with van der Waals surface area (Å²) in [5.41, 5.74) is 0.586. The molecule has 1 amide bonds. The molecule has 0 saturated carbocycles. The van der Waals surface area contributed by atoms with Crippen molar-refractivity contribution in [2.45, 2.75) is 20.8 Å². The Bertz CT molecular complexity index is 425. The molecule has 98 valence electrons. The summed E-state index contributed by atoms with van der Waals surface area (Å²) in [5, 5.41) is 0. The predicted octanol–water partition coefficient (Wildman–Crippen LogP) is 2.14. The van der Waals surface area contributed by atoms with Gasteiger partial charge in [0.1, 0.15) is 5.75 Å². The van der Waals surface area contributed by atoms with Gasteiger partial charge in [0.25, 0.3) is 5.91 Å². The first-order valence-corrected chi connectivity index (χ1v) is 6.10. The summed E-state index contributed by atoms with van der Waals surface area (Å²) in [7, 11) is 0. The number of hydrogen-bond donors (Lipinski definition) is 0. The van der Waals surface area contributed by atoms with Gasteiger partial charge in [-0.3, -0.25) is 9.59 Å². The molecule has 0 aliphatic carbocycles. The summed E-state index contributed by atoms with van der Waals surface area (Å²) in [5.74, 6) is 0.479. The minimum atomic E-state index is -0.0479. The van der Waals surface area contributed by atoms with E-state index in [1.807, 2.05) is 13.8 Å². The maximum Gasteiger partial charge on any atom is 0.260 e. The lowest BCUT2D eigenvalue weighted by Crippen LogP contribution is -2.34. The van der Waals surface area contributed by atoms with Crippen LogP contribution in [-0.4, -0.2) is 36.3 Å². The minimum absolute atomic E-state index is 0.00301. The van der Waals surface area contributed by atoms with E-state index in [1.54, 1.807) is 29.2 Å². The lowest BCUT2D eigenvalue weighted by atomic mass is 10.1. The van der Waals surface area contributed by atoms with Gasteiger partial charge in [-0.2, -0.15) is 0 Å². The minimum Gasteiger partial charge on any atom is -0.484 e. The van der Waals surface area contributed by atoms with Crippen molar-refractivity contribution in [3.05, 3.63) is 29.8 Å². The molecule has 0 saturated heterocycles. The van der Waals surface area contributed by atoms with Crippen molar-refractivity contribution in [1.29, 1.82) is 0 Å². The number of hydrogen-bond acceptors (Lipinski definition) is 3. The van der Waals surface area contributed by atoms with Gasteiger partial charge in [0, 0.05) is 18.7 Å². The molecule has 0 unspecified atom stereocenters. The first kappa shape index (κ1) is 14.2. The number of amides is 1. The van der Waals surface area contributed by atoms with Crippen LogP contribution in [0.3, 0.4) is 0 Å². The monoisotopic (exact) mass is 249 g/mol. The van der Waals surface area contributed by atoms with Crippen LogP contribution in [-0.2, 0) is 4.79 Å². The zero-order valence-corrected chi connectivity index (χ0v) is 11.1. The molecule has 4 nitrogen and oxygen atoms in total.